The zero-order chi connectivity index (χ0) is 14.4. The minimum absolute atomic E-state index is 0.114. The van der Waals surface area contributed by atoms with E-state index in [2.05, 4.69) is 4.98 Å². The topological polar surface area (TPSA) is 61.2 Å². The second kappa shape index (κ2) is 6.65. The Kier molecular flexibility index (Phi) is 4.65. The van der Waals surface area contributed by atoms with Gasteiger partial charge in [0.25, 0.3) is 0 Å². The molecule has 1 aromatic carbocycles. The molecule has 0 aliphatic carbocycles. The highest BCUT2D eigenvalue weighted by atomic mass is 16.5. The Morgan fingerprint density at radius 2 is 2.00 bits per heavy atom. The standard InChI is InChI=1S/C15H16N2O3/c1-2-20-14(19)10-13(18)11-17-9-8-16-15(17)12-6-4-3-5-7-12/h3-9H,2,10-11H2,1H3. The minimum Gasteiger partial charge on any atom is -0.466 e. The molecule has 1 aromatic heterocycles. The molecular formula is C15H16N2O3. The maximum Gasteiger partial charge on any atom is 0.313 e. The number of ketones is 1. The molecule has 0 fully saturated rings. The van der Waals surface area contributed by atoms with Gasteiger partial charge in [-0.1, -0.05) is 30.3 Å². The maximum absolute atomic E-state index is 11.8. The van der Waals surface area contributed by atoms with Crippen LogP contribution in [0.2, 0.25) is 0 Å². The smallest absolute Gasteiger partial charge is 0.313 e. The number of Topliss-reactive ketones (excluding diaryl/α,β-unsaturated/α-hetero) is 1. The first-order chi connectivity index (χ1) is 9.70. The molecule has 5 heteroatoms. The van der Waals surface area contributed by atoms with Crippen molar-refractivity contribution in [3.05, 3.63) is 42.7 Å². The van der Waals surface area contributed by atoms with Crippen LogP contribution in [0.1, 0.15) is 13.3 Å². The summed E-state index contributed by atoms with van der Waals surface area (Å²) in [5, 5.41) is 0. The van der Waals surface area contributed by atoms with E-state index >= 15 is 0 Å². The number of benzene rings is 1. The summed E-state index contributed by atoms with van der Waals surface area (Å²) in [4.78, 5) is 27.3. The normalized spacial score (nSPS) is 10.2. The molecule has 0 amide bonds. The fourth-order valence-electron chi connectivity index (χ4n) is 1.90. The predicted octanol–water partition coefficient (Wildman–Crippen LogP) is 2.07. The van der Waals surface area contributed by atoms with Crippen LogP contribution >= 0.6 is 0 Å². The van der Waals surface area contributed by atoms with Crippen LogP contribution in [0.5, 0.6) is 0 Å². The lowest BCUT2D eigenvalue weighted by Gasteiger charge is -2.07. The first-order valence-corrected chi connectivity index (χ1v) is 6.44. The van der Waals surface area contributed by atoms with Crippen molar-refractivity contribution in [2.75, 3.05) is 6.61 Å². The molecule has 2 rings (SSSR count). The van der Waals surface area contributed by atoms with E-state index in [1.54, 1.807) is 23.9 Å². The molecule has 0 radical (unpaired) electrons. The molecular weight excluding hydrogens is 256 g/mol. The summed E-state index contributed by atoms with van der Waals surface area (Å²) in [7, 11) is 0. The van der Waals surface area contributed by atoms with E-state index in [0.29, 0.717) is 5.82 Å². The first kappa shape index (κ1) is 14.0. The lowest BCUT2D eigenvalue weighted by molar-refractivity contribution is -0.145. The van der Waals surface area contributed by atoms with Crippen molar-refractivity contribution in [2.24, 2.45) is 0 Å². The molecule has 0 atom stereocenters. The van der Waals surface area contributed by atoms with E-state index < -0.39 is 5.97 Å². The summed E-state index contributed by atoms with van der Waals surface area (Å²) in [5.74, 6) is 0.0281. The zero-order valence-electron chi connectivity index (χ0n) is 11.3. The summed E-state index contributed by atoms with van der Waals surface area (Å²) in [6.45, 7) is 2.11. The molecule has 104 valence electrons. The van der Waals surface area contributed by atoms with Crippen LogP contribution < -0.4 is 0 Å². The molecule has 0 N–H and O–H groups in total. The van der Waals surface area contributed by atoms with Gasteiger partial charge in [-0.15, -0.1) is 0 Å². The van der Waals surface area contributed by atoms with Gasteiger partial charge in [0.2, 0.25) is 0 Å². The zero-order valence-corrected chi connectivity index (χ0v) is 11.3. The lowest BCUT2D eigenvalue weighted by atomic mass is 10.2. The van der Waals surface area contributed by atoms with Crippen molar-refractivity contribution in [3.63, 3.8) is 0 Å². The van der Waals surface area contributed by atoms with Crippen LogP contribution in [-0.4, -0.2) is 27.9 Å². The summed E-state index contributed by atoms with van der Waals surface area (Å²) in [6, 6.07) is 9.59. The molecule has 0 aliphatic heterocycles. The average molecular weight is 272 g/mol. The van der Waals surface area contributed by atoms with Crippen LogP contribution in [0.15, 0.2) is 42.7 Å². The molecule has 5 nitrogen and oxygen atoms in total. The van der Waals surface area contributed by atoms with Crippen LogP contribution in [0.3, 0.4) is 0 Å². The predicted molar refractivity (Wildman–Crippen MR) is 73.9 cm³/mol. The van der Waals surface area contributed by atoms with Gasteiger partial charge in [0.15, 0.2) is 5.78 Å². The molecule has 0 saturated heterocycles. The molecule has 0 saturated carbocycles. The summed E-state index contributed by atoms with van der Waals surface area (Å²) >= 11 is 0. The number of carbonyl (C=O) groups is 2. The quantitative estimate of drug-likeness (QED) is 0.596. The number of aromatic nitrogens is 2. The fraction of sp³-hybridized carbons (Fsp3) is 0.267. The largest absolute Gasteiger partial charge is 0.466 e. The van der Waals surface area contributed by atoms with Crippen molar-refractivity contribution in [1.29, 1.82) is 0 Å². The summed E-state index contributed by atoms with van der Waals surface area (Å²) < 4.78 is 6.49. The molecule has 2 aromatic rings. The van der Waals surface area contributed by atoms with E-state index in [4.69, 9.17) is 4.74 Å². The van der Waals surface area contributed by atoms with Crippen molar-refractivity contribution in [1.82, 2.24) is 9.55 Å². The monoisotopic (exact) mass is 272 g/mol. The van der Waals surface area contributed by atoms with Crippen molar-refractivity contribution < 1.29 is 14.3 Å². The Balaban J connectivity index is 2.06. The fourth-order valence-corrected chi connectivity index (χ4v) is 1.90. The van der Waals surface area contributed by atoms with Crippen LogP contribution in [-0.2, 0) is 20.9 Å². The van der Waals surface area contributed by atoms with Gasteiger partial charge in [-0.3, -0.25) is 9.59 Å². The van der Waals surface area contributed by atoms with Gasteiger partial charge in [0.05, 0.1) is 13.2 Å². The van der Waals surface area contributed by atoms with Crippen LogP contribution in [0.25, 0.3) is 11.4 Å². The number of hydrogen-bond acceptors (Lipinski definition) is 4. The van der Waals surface area contributed by atoms with Gasteiger partial charge in [-0.2, -0.15) is 0 Å². The van der Waals surface area contributed by atoms with Gasteiger partial charge in [0.1, 0.15) is 12.2 Å². The van der Waals surface area contributed by atoms with E-state index in [0.717, 1.165) is 5.56 Å². The second-order valence-electron chi connectivity index (χ2n) is 4.27. The van der Waals surface area contributed by atoms with Gasteiger partial charge in [-0.05, 0) is 6.92 Å². The Morgan fingerprint density at radius 3 is 2.70 bits per heavy atom. The molecule has 0 bridgehead atoms. The third-order valence-electron chi connectivity index (χ3n) is 2.74. The van der Waals surface area contributed by atoms with Crippen molar-refractivity contribution in [3.8, 4) is 11.4 Å². The molecule has 0 spiro atoms. The maximum atomic E-state index is 11.8. The van der Waals surface area contributed by atoms with Crippen LogP contribution in [0, 0.1) is 0 Å². The highest BCUT2D eigenvalue weighted by Gasteiger charge is 2.13. The van der Waals surface area contributed by atoms with Gasteiger partial charge in [-0.25, -0.2) is 4.98 Å². The van der Waals surface area contributed by atoms with Crippen LogP contribution in [0.4, 0.5) is 0 Å². The number of hydrogen-bond donors (Lipinski definition) is 0. The van der Waals surface area contributed by atoms with E-state index in [1.165, 1.54) is 0 Å². The summed E-state index contributed by atoms with van der Waals surface area (Å²) in [5.41, 5.74) is 0.932. The van der Waals surface area contributed by atoms with Gasteiger partial charge >= 0.3 is 5.97 Å². The number of imidazole rings is 1. The van der Waals surface area contributed by atoms with E-state index in [9.17, 15) is 9.59 Å². The van der Waals surface area contributed by atoms with Gasteiger partial charge in [0, 0.05) is 18.0 Å². The highest BCUT2D eigenvalue weighted by molar-refractivity contribution is 5.95. The second-order valence-corrected chi connectivity index (χ2v) is 4.27. The molecule has 0 aliphatic rings. The van der Waals surface area contributed by atoms with E-state index in [1.807, 2.05) is 30.3 Å². The lowest BCUT2D eigenvalue weighted by Crippen LogP contribution is -2.16. The van der Waals surface area contributed by atoms with Crippen molar-refractivity contribution in [2.45, 2.75) is 19.9 Å². The Hall–Kier alpha value is -2.43. The minimum atomic E-state index is -0.487. The number of nitrogens with zero attached hydrogens (tertiary/aromatic N) is 2. The molecule has 1 heterocycles. The Labute approximate surface area is 117 Å². The SMILES string of the molecule is CCOC(=O)CC(=O)Cn1ccnc1-c1ccccc1. The Morgan fingerprint density at radius 1 is 1.25 bits per heavy atom. The third-order valence-corrected chi connectivity index (χ3v) is 2.74. The number of rotatable bonds is 6. The number of esters is 1. The highest BCUT2D eigenvalue weighted by Crippen LogP contribution is 2.16. The molecule has 0 unspecified atom stereocenters. The first-order valence-electron chi connectivity index (χ1n) is 6.44. The van der Waals surface area contributed by atoms with Gasteiger partial charge < -0.3 is 9.30 Å². The van der Waals surface area contributed by atoms with Crippen molar-refractivity contribution >= 4 is 11.8 Å². The average Bonchev–Trinajstić information content (AvgIpc) is 2.87. The Bertz CT molecular complexity index is 590. The molecule has 20 heavy (non-hydrogen) atoms. The number of carbonyl (C=O) groups excluding carboxylic acids is 2. The summed E-state index contributed by atoms with van der Waals surface area (Å²) in [6.07, 6.45) is 3.16. The van der Waals surface area contributed by atoms with E-state index in [-0.39, 0.29) is 25.4 Å². The number of ether oxygens (including phenoxy) is 1. The third kappa shape index (κ3) is 3.54.